The first kappa shape index (κ1) is 27.9. The number of hydrogen-bond acceptors (Lipinski definition) is 7. The Morgan fingerprint density at radius 3 is 2.16 bits per heavy atom. The molecule has 0 radical (unpaired) electrons. The lowest BCUT2D eigenvalue weighted by Gasteiger charge is -2.26. The average molecular weight is 593 g/mol. The van der Waals surface area contributed by atoms with Gasteiger partial charge in [-0.25, -0.2) is 0 Å². The van der Waals surface area contributed by atoms with Crippen molar-refractivity contribution in [3.05, 3.63) is 112 Å². The van der Waals surface area contributed by atoms with Crippen LogP contribution in [-0.2, 0) is 24.2 Å². The fraction of sp³-hybridized carbons (Fsp3) is 0.286. The van der Waals surface area contributed by atoms with Crippen molar-refractivity contribution in [3.63, 3.8) is 0 Å². The fourth-order valence-electron chi connectivity index (χ4n) is 6.30. The number of nitrogens with zero attached hydrogens (tertiary/aromatic N) is 3. The normalized spacial score (nSPS) is 14.6. The van der Waals surface area contributed by atoms with Crippen LogP contribution in [0.2, 0.25) is 0 Å². The lowest BCUT2D eigenvalue weighted by molar-refractivity contribution is 0.0342. The Labute approximate surface area is 256 Å². The highest BCUT2D eigenvalue weighted by molar-refractivity contribution is 7.15. The summed E-state index contributed by atoms with van der Waals surface area (Å²) in [5.74, 6) is 1.66. The van der Waals surface area contributed by atoms with E-state index in [0.29, 0.717) is 6.54 Å². The van der Waals surface area contributed by atoms with E-state index in [1.54, 1.807) is 25.6 Å². The molecular weight excluding hydrogens is 556 g/mol. The lowest BCUT2D eigenvalue weighted by Crippen LogP contribution is -2.35. The summed E-state index contributed by atoms with van der Waals surface area (Å²) in [6, 6.07) is 27.8. The molecule has 2 N–H and O–H groups in total. The van der Waals surface area contributed by atoms with Crippen molar-refractivity contribution >= 4 is 11.3 Å². The van der Waals surface area contributed by atoms with Gasteiger partial charge in [0.2, 0.25) is 0 Å². The highest BCUT2D eigenvalue weighted by atomic mass is 32.1. The van der Waals surface area contributed by atoms with Crippen LogP contribution in [0.1, 0.15) is 38.7 Å². The number of thiophene rings is 1. The minimum atomic E-state index is -0.146. The molecule has 1 aliphatic heterocycles. The van der Waals surface area contributed by atoms with E-state index in [4.69, 9.17) is 25.0 Å². The molecule has 3 heterocycles. The Morgan fingerprint density at radius 1 is 0.884 bits per heavy atom. The maximum absolute atomic E-state index is 6.02. The Kier molecular flexibility index (Phi) is 7.76. The molecule has 2 aliphatic rings. The lowest BCUT2D eigenvalue weighted by atomic mass is 9.97. The SMILES string of the molecule is COc1ccc(C(c2ccc(OC)cc2)n2nc(-c3ccc(CN)s3)c3c2-c2ccc(CN4CCOCC4)cc2C3)cc1. The first-order chi connectivity index (χ1) is 21.1. The molecule has 43 heavy (non-hydrogen) atoms. The average Bonchev–Trinajstić information content (AvgIpc) is 3.77. The fourth-order valence-corrected chi connectivity index (χ4v) is 7.20. The zero-order valence-corrected chi connectivity index (χ0v) is 25.4. The Bertz CT molecular complexity index is 1670. The van der Waals surface area contributed by atoms with Gasteiger partial charge in [0.15, 0.2) is 0 Å². The van der Waals surface area contributed by atoms with Crippen LogP contribution in [0.5, 0.6) is 11.5 Å². The predicted molar refractivity (Wildman–Crippen MR) is 171 cm³/mol. The van der Waals surface area contributed by atoms with E-state index in [9.17, 15) is 0 Å². The van der Waals surface area contributed by atoms with Crippen LogP contribution in [0.25, 0.3) is 21.8 Å². The number of ether oxygens (including phenoxy) is 3. The van der Waals surface area contributed by atoms with Crippen molar-refractivity contribution in [2.75, 3.05) is 40.5 Å². The number of benzene rings is 3. The monoisotopic (exact) mass is 592 g/mol. The van der Waals surface area contributed by atoms with Gasteiger partial charge in [0.05, 0.1) is 38.0 Å². The predicted octanol–water partition coefficient (Wildman–Crippen LogP) is 6.13. The van der Waals surface area contributed by atoms with Crippen LogP contribution in [-0.4, -0.2) is 55.2 Å². The van der Waals surface area contributed by atoms with Gasteiger partial charge < -0.3 is 19.9 Å². The largest absolute Gasteiger partial charge is 0.497 e. The van der Waals surface area contributed by atoms with Crippen molar-refractivity contribution in [1.82, 2.24) is 14.7 Å². The number of rotatable bonds is 9. The topological polar surface area (TPSA) is 74.8 Å². The number of fused-ring (bicyclic) bond motifs is 3. The van der Waals surface area contributed by atoms with Gasteiger partial charge >= 0.3 is 0 Å². The van der Waals surface area contributed by atoms with Gasteiger partial charge in [0.25, 0.3) is 0 Å². The van der Waals surface area contributed by atoms with Gasteiger partial charge in [0, 0.05) is 48.6 Å². The molecule has 0 saturated carbocycles. The molecule has 7 nitrogen and oxygen atoms in total. The number of methoxy groups -OCH3 is 2. The van der Waals surface area contributed by atoms with Crippen LogP contribution >= 0.6 is 11.3 Å². The summed E-state index contributed by atoms with van der Waals surface area (Å²) in [4.78, 5) is 4.78. The second-order valence-electron chi connectivity index (χ2n) is 11.1. The molecule has 3 aromatic carbocycles. The highest BCUT2D eigenvalue weighted by Crippen LogP contribution is 2.46. The zero-order chi connectivity index (χ0) is 29.3. The van der Waals surface area contributed by atoms with Crippen LogP contribution in [0, 0.1) is 0 Å². The number of nitrogens with two attached hydrogens (primary N) is 1. The van der Waals surface area contributed by atoms with Gasteiger partial charge in [-0.05, 0) is 58.7 Å². The quantitative estimate of drug-likeness (QED) is 0.218. The molecule has 1 aliphatic carbocycles. The molecule has 0 amide bonds. The third kappa shape index (κ3) is 5.36. The van der Waals surface area contributed by atoms with Crippen LogP contribution in [0.3, 0.4) is 0 Å². The summed E-state index contributed by atoms with van der Waals surface area (Å²) in [5, 5.41) is 5.40. The van der Waals surface area contributed by atoms with E-state index >= 15 is 0 Å². The highest BCUT2D eigenvalue weighted by Gasteiger charge is 2.33. The van der Waals surface area contributed by atoms with Crippen LogP contribution < -0.4 is 15.2 Å². The molecular formula is C35H36N4O3S. The maximum atomic E-state index is 6.02. The third-order valence-electron chi connectivity index (χ3n) is 8.51. The van der Waals surface area contributed by atoms with Gasteiger partial charge in [-0.1, -0.05) is 42.5 Å². The Hall–Kier alpha value is -3.95. The van der Waals surface area contributed by atoms with E-state index < -0.39 is 0 Å². The maximum Gasteiger partial charge on any atom is 0.118 e. The molecule has 2 aromatic heterocycles. The van der Waals surface area contributed by atoms with Crippen molar-refractivity contribution < 1.29 is 14.2 Å². The van der Waals surface area contributed by atoms with Gasteiger partial charge in [0.1, 0.15) is 23.2 Å². The van der Waals surface area contributed by atoms with Crippen molar-refractivity contribution in [2.24, 2.45) is 5.73 Å². The molecule has 7 rings (SSSR count). The molecule has 0 spiro atoms. The number of hydrogen-bond donors (Lipinski definition) is 1. The summed E-state index contributed by atoms with van der Waals surface area (Å²) in [7, 11) is 3.40. The van der Waals surface area contributed by atoms with Crippen molar-refractivity contribution in [3.8, 4) is 33.3 Å². The zero-order valence-electron chi connectivity index (χ0n) is 24.6. The van der Waals surface area contributed by atoms with Crippen LogP contribution in [0.4, 0.5) is 0 Å². The van der Waals surface area contributed by atoms with E-state index in [1.807, 2.05) is 24.3 Å². The van der Waals surface area contributed by atoms with E-state index in [2.05, 4.69) is 64.2 Å². The first-order valence-corrected chi connectivity index (χ1v) is 15.6. The molecule has 0 atom stereocenters. The van der Waals surface area contributed by atoms with Gasteiger partial charge in [-0.2, -0.15) is 5.10 Å². The second-order valence-corrected chi connectivity index (χ2v) is 12.3. The van der Waals surface area contributed by atoms with E-state index in [1.165, 1.54) is 27.9 Å². The first-order valence-electron chi connectivity index (χ1n) is 14.8. The molecule has 5 aromatic rings. The summed E-state index contributed by atoms with van der Waals surface area (Å²) in [5.41, 5.74) is 15.7. The number of aromatic nitrogens is 2. The smallest absolute Gasteiger partial charge is 0.118 e. The molecule has 220 valence electrons. The molecule has 0 unspecified atom stereocenters. The van der Waals surface area contributed by atoms with Gasteiger partial charge in [-0.3, -0.25) is 9.58 Å². The van der Waals surface area contributed by atoms with E-state index in [-0.39, 0.29) is 6.04 Å². The minimum absolute atomic E-state index is 0.146. The summed E-state index contributed by atoms with van der Waals surface area (Å²) >= 11 is 1.73. The summed E-state index contributed by atoms with van der Waals surface area (Å²) in [6.07, 6.45) is 0.852. The summed E-state index contributed by atoms with van der Waals surface area (Å²) in [6.45, 7) is 5.03. The van der Waals surface area contributed by atoms with E-state index in [0.717, 1.165) is 77.3 Å². The van der Waals surface area contributed by atoms with Crippen molar-refractivity contribution in [1.29, 1.82) is 0 Å². The summed E-state index contributed by atoms with van der Waals surface area (Å²) < 4.78 is 18.8. The number of morpholine rings is 1. The molecule has 1 fully saturated rings. The van der Waals surface area contributed by atoms with Crippen LogP contribution in [0.15, 0.2) is 78.9 Å². The van der Waals surface area contributed by atoms with Crippen molar-refractivity contribution in [2.45, 2.75) is 25.6 Å². The minimum Gasteiger partial charge on any atom is -0.497 e. The standard InChI is InChI=1S/C35H36N4O3S/c1-40-27-8-4-24(5-9-27)34(25-6-10-28(41-2)11-7-25)39-35-30-13-3-23(22-38-15-17-42-18-16-38)19-26(30)20-31(35)33(37-39)32-14-12-29(21-36)43-32/h3-14,19,34H,15-18,20-22,36H2,1-2H3. The Morgan fingerprint density at radius 2 is 1.56 bits per heavy atom. The van der Waals surface area contributed by atoms with Gasteiger partial charge in [-0.15, -0.1) is 11.3 Å². The Balaban J connectivity index is 1.38. The second kappa shape index (κ2) is 12.0. The molecule has 0 bridgehead atoms. The molecule has 8 heteroatoms. The third-order valence-corrected chi connectivity index (χ3v) is 9.63. The molecule has 1 saturated heterocycles.